The molecule has 0 radical (unpaired) electrons. The number of rotatable bonds is 4. The van der Waals surface area contributed by atoms with Gasteiger partial charge in [-0.3, -0.25) is 9.97 Å². The Kier molecular flexibility index (Phi) is 14.5. The van der Waals surface area contributed by atoms with Crippen molar-refractivity contribution in [2.45, 2.75) is 143 Å². The Balaban J connectivity index is 0.000000144. The van der Waals surface area contributed by atoms with Gasteiger partial charge in [-0.2, -0.15) is 0 Å². The number of aliphatic imine (C=N–C) groups is 1. The zero-order valence-electron chi connectivity index (χ0n) is 44.5. The molecule has 8 aliphatic carbocycles. The normalized spacial score (nSPS) is 36.5. The van der Waals surface area contributed by atoms with Gasteiger partial charge in [0.15, 0.2) is 6.09 Å². The van der Waals surface area contributed by atoms with Crippen molar-refractivity contribution < 1.29 is 61.3 Å². The maximum atomic E-state index is 9.03. The number of carbonyl (C=O) groups is 1. The summed E-state index contributed by atoms with van der Waals surface area (Å²) < 4.78 is 4.27. The second kappa shape index (κ2) is 20.6. The van der Waals surface area contributed by atoms with Crippen LogP contribution in [0.4, 0.5) is 4.79 Å². The molecule has 6 aromatic rings. The maximum Gasteiger partial charge on any atom is 1.00 e. The fraction of sp³-hybridized carbons (Fsp3) is 0.548. The van der Waals surface area contributed by atoms with Crippen LogP contribution in [-0.2, 0) is 0 Å². The van der Waals surface area contributed by atoms with Crippen molar-refractivity contribution in [2.75, 3.05) is 0 Å². The summed E-state index contributed by atoms with van der Waals surface area (Å²) in [6, 6.07) is 19.4. The summed E-state index contributed by atoms with van der Waals surface area (Å²) in [6.07, 6.45) is 40.8. The zero-order valence-corrected chi connectivity index (χ0v) is 47.7. The molecular weight excluding hydrogens is 942 g/mol. The molecule has 14 atom stereocenters. The Hall–Kier alpha value is -4.20. The number of benzene rings is 2. The van der Waals surface area contributed by atoms with Crippen molar-refractivity contribution >= 4 is 45.5 Å². The molecule has 1 amide bonds. The Labute approximate surface area is 480 Å². The molecule has 0 N–H and O–H groups in total. The van der Waals surface area contributed by atoms with Crippen molar-refractivity contribution in [3.05, 3.63) is 121 Å². The summed E-state index contributed by atoms with van der Waals surface area (Å²) in [6.45, 7) is 13.2. The molecule has 12 heteroatoms. The first-order valence-corrected chi connectivity index (χ1v) is 27.9. The van der Waals surface area contributed by atoms with Crippen LogP contribution < -0.4 is 56.5 Å². The zero-order chi connectivity index (χ0) is 50.1. The van der Waals surface area contributed by atoms with Crippen molar-refractivity contribution in [1.82, 2.24) is 40.0 Å². The number of allylic oxidation sites excluding steroid dienone is 4. The smallest absolute Gasteiger partial charge is 0.528 e. The monoisotopic (exact) mass is 1020 g/mol. The summed E-state index contributed by atoms with van der Waals surface area (Å²) in [5.74, 6) is 6.79. The van der Waals surface area contributed by atoms with E-state index >= 15 is 0 Å². The van der Waals surface area contributed by atoms with Crippen LogP contribution in [-0.4, -0.2) is 52.8 Å². The standard InChI is InChI=1S/2C30H36N4.C2H3NO2.K/c2*1-29-12-9-24(34-16-15-32-33-34)18-23(29)5-6-25-27-8-7-26(30(27,2)13-10-28(25)29)21-4-3-20-11-14-31-19-22(20)17-21;1-3-2(4)5;/h2*3-4,7,11,14-17,19,23-25,27-28H,5-6,8-10,12-13,18H2,1-2H3;1H2,(H,4,5);/q;;;+1/p-1/t2*23?,24-,25-,27-,28?,29-,30+;;/m00../s1. The first-order valence-electron chi connectivity index (χ1n) is 27.9. The van der Waals surface area contributed by atoms with E-state index in [4.69, 9.17) is 9.90 Å². The van der Waals surface area contributed by atoms with Crippen molar-refractivity contribution in [3.8, 4) is 0 Å². The summed E-state index contributed by atoms with van der Waals surface area (Å²) in [4.78, 5) is 20.2. The van der Waals surface area contributed by atoms with E-state index in [2.05, 4.69) is 152 Å². The molecule has 74 heavy (non-hydrogen) atoms. The van der Waals surface area contributed by atoms with Gasteiger partial charge < -0.3 is 9.90 Å². The van der Waals surface area contributed by atoms with E-state index in [1.807, 2.05) is 37.2 Å². The third-order valence-electron chi connectivity index (χ3n) is 22.1. The topological polar surface area (TPSA) is 140 Å². The van der Waals surface area contributed by atoms with E-state index in [0.717, 1.165) is 47.3 Å². The number of carbonyl (C=O) groups excluding carboxylic acids is 1. The minimum atomic E-state index is -1.48. The van der Waals surface area contributed by atoms with Gasteiger partial charge >= 0.3 is 51.4 Å². The third-order valence-corrected chi connectivity index (χ3v) is 22.1. The molecule has 6 fully saturated rings. The number of amides is 1. The molecule has 4 unspecified atom stereocenters. The number of carboxylic acid groups (broad SMARTS) is 1. The summed E-state index contributed by atoms with van der Waals surface area (Å²) in [5.41, 5.74) is 7.72. The average molecular weight is 1020 g/mol. The maximum absolute atomic E-state index is 9.03. The van der Waals surface area contributed by atoms with Crippen LogP contribution in [0.15, 0.2) is 115 Å². The van der Waals surface area contributed by atoms with Gasteiger partial charge in [-0.15, -0.1) is 10.2 Å². The molecule has 0 aliphatic heterocycles. The predicted molar refractivity (Wildman–Crippen MR) is 287 cm³/mol. The Morgan fingerprint density at radius 3 is 1.43 bits per heavy atom. The average Bonchev–Trinajstić information content (AvgIpc) is 4.26. The first kappa shape index (κ1) is 51.9. The third kappa shape index (κ3) is 8.95. The largest absolute Gasteiger partial charge is 1.00 e. The van der Waals surface area contributed by atoms with E-state index in [0.29, 0.717) is 33.7 Å². The second-order valence-electron chi connectivity index (χ2n) is 24.9. The molecule has 2 aromatic carbocycles. The minimum absolute atomic E-state index is 0. The number of hydrogen-bond donors (Lipinski definition) is 0. The van der Waals surface area contributed by atoms with Crippen LogP contribution in [0, 0.1) is 69.0 Å². The van der Waals surface area contributed by atoms with E-state index in [-0.39, 0.29) is 51.4 Å². The predicted octanol–water partition coefficient (Wildman–Crippen LogP) is 10.2. The number of nitrogens with zero attached hydrogens (tertiary/aromatic N) is 9. The summed E-state index contributed by atoms with van der Waals surface area (Å²) in [5, 5.41) is 31.0. The fourth-order valence-electron chi connectivity index (χ4n) is 18.3. The van der Waals surface area contributed by atoms with Gasteiger partial charge in [0, 0.05) is 48.0 Å². The number of aromatic nitrogens is 8. The molecule has 8 aliphatic rings. The van der Waals surface area contributed by atoms with Gasteiger partial charge in [0.05, 0.1) is 24.5 Å². The van der Waals surface area contributed by atoms with Gasteiger partial charge in [-0.1, -0.05) is 74.5 Å². The second-order valence-corrected chi connectivity index (χ2v) is 24.9. The van der Waals surface area contributed by atoms with E-state index in [9.17, 15) is 0 Å². The van der Waals surface area contributed by atoms with E-state index in [1.54, 1.807) is 11.1 Å². The molecule has 6 saturated carbocycles. The molecule has 0 saturated heterocycles. The fourth-order valence-corrected chi connectivity index (χ4v) is 18.3. The Morgan fingerprint density at radius 1 is 0.581 bits per heavy atom. The van der Waals surface area contributed by atoms with Gasteiger partial charge in [0.25, 0.3) is 0 Å². The molecule has 0 bridgehead atoms. The minimum Gasteiger partial charge on any atom is -0.528 e. The van der Waals surface area contributed by atoms with Crippen LogP contribution in [0.1, 0.15) is 154 Å². The van der Waals surface area contributed by atoms with Crippen molar-refractivity contribution in [2.24, 2.45) is 74.0 Å². The number of hydrogen-bond acceptors (Lipinski definition) is 8. The summed E-state index contributed by atoms with van der Waals surface area (Å²) in [7, 11) is 0. The van der Waals surface area contributed by atoms with Gasteiger partial charge in [0.1, 0.15) is 0 Å². The Bertz CT molecular complexity index is 2870. The van der Waals surface area contributed by atoms with Crippen LogP contribution in [0.3, 0.4) is 0 Å². The first-order chi connectivity index (χ1) is 35.4. The molecule has 14 rings (SSSR count). The van der Waals surface area contributed by atoms with Crippen molar-refractivity contribution in [3.63, 3.8) is 0 Å². The van der Waals surface area contributed by atoms with E-state index in [1.165, 1.54) is 135 Å². The summed E-state index contributed by atoms with van der Waals surface area (Å²) >= 11 is 0. The van der Waals surface area contributed by atoms with Gasteiger partial charge in [0.2, 0.25) is 0 Å². The molecule has 0 spiro atoms. The van der Waals surface area contributed by atoms with Gasteiger partial charge in [-0.05, 0) is 236 Å². The molecule has 380 valence electrons. The molecule has 4 aromatic heterocycles. The van der Waals surface area contributed by atoms with Crippen molar-refractivity contribution in [1.29, 1.82) is 0 Å². The van der Waals surface area contributed by atoms with Crippen LogP contribution >= 0.6 is 0 Å². The van der Waals surface area contributed by atoms with E-state index < -0.39 is 6.09 Å². The molecule has 11 nitrogen and oxygen atoms in total. The Morgan fingerprint density at radius 2 is 1.03 bits per heavy atom. The van der Waals surface area contributed by atoms with Crippen LogP contribution in [0.2, 0.25) is 0 Å². The molecular formula is C62H74KN9O2. The molecule has 4 heterocycles. The van der Waals surface area contributed by atoms with Crippen LogP contribution in [0.25, 0.3) is 32.7 Å². The SMILES string of the molecule is C=NC(=O)[O-].C[C@]12CC[C@H](n3ccnn3)CC1CC[C@@H]1C2CC[C@]2(C)C(c3ccc4ccncc4c3)=CC[C@@H]12.C[C@]12CC[C@H](n3ccnn3)CC1CC[C@@H]1C2CC[C@]2(C)C(c3ccc4ccncc4c3)=CC[C@@H]12.[K+]. The number of fused-ring (bicyclic) bond motifs is 12. The quantitative estimate of drug-likeness (QED) is 0.126. The number of pyridine rings is 2. The van der Waals surface area contributed by atoms with Gasteiger partial charge in [-0.25, -0.2) is 14.4 Å². The van der Waals surface area contributed by atoms with Crippen LogP contribution in [0.5, 0.6) is 0 Å².